The summed E-state index contributed by atoms with van der Waals surface area (Å²) in [5.74, 6) is -1.04. The van der Waals surface area contributed by atoms with E-state index in [2.05, 4.69) is 0 Å². The molecule has 2 N–H and O–H groups in total. The zero-order valence-corrected chi connectivity index (χ0v) is 8.76. The van der Waals surface area contributed by atoms with Gasteiger partial charge in [-0.15, -0.1) is 11.8 Å². The standard InChI is InChI=1S/C9H9ClO3S/c10-6-3-1-2-4-7(6)14-8(5-11)9(12)13/h1-4,8,11H,5H2,(H,12,13). The Labute approximate surface area is 90.7 Å². The van der Waals surface area contributed by atoms with Crippen molar-refractivity contribution in [1.29, 1.82) is 0 Å². The van der Waals surface area contributed by atoms with Gasteiger partial charge >= 0.3 is 5.97 Å². The van der Waals surface area contributed by atoms with Crippen LogP contribution < -0.4 is 0 Å². The molecule has 1 aromatic carbocycles. The van der Waals surface area contributed by atoms with Crippen LogP contribution in [0.4, 0.5) is 0 Å². The maximum atomic E-state index is 10.6. The second-order valence-corrected chi connectivity index (χ2v) is 4.21. The van der Waals surface area contributed by atoms with Crippen LogP contribution in [-0.2, 0) is 4.79 Å². The number of rotatable bonds is 4. The molecule has 0 saturated carbocycles. The Morgan fingerprint density at radius 3 is 2.64 bits per heavy atom. The Hall–Kier alpha value is -0.710. The molecule has 0 radical (unpaired) electrons. The molecule has 1 aromatic rings. The van der Waals surface area contributed by atoms with Gasteiger partial charge in [-0.25, -0.2) is 0 Å². The highest BCUT2D eigenvalue weighted by Gasteiger charge is 2.18. The molecule has 14 heavy (non-hydrogen) atoms. The Bertz CT molecular complexity index is 330. The van der Waals surface area contributed by atoms with E-state index in [1.165, 1.54) is 0 Å². The Balaban J connectivity index is 2.77. The molecular weight excluding hydrogens is 224 g/mol. The Morgan fingerprint density at radius 2 is 2.14 bits per heavy atom. The topological polar surface area (TPSA) is 57.5 Å². The zero-order valence-electron chi connectivity index (χ0n) is 7.18. The highest BCUT2D eigenvalue weighted by atomic mass is 35.5. The Kier molecular flexibility index (Phi) is 4.25. The van der Waals surface area contributed by atoms with Gasteiger partial charge < -0.3 is 10.2 Å². The fourth-order valence-corrected chi connectivity index (χ4v) is 1.95. The van der Waals surface area contributed by atoms with Crippen molar-refractivity contribution < 1.29 is 15.0 Å². The maximum Gasteiger partial charge on any atom is 0.319 e. The van der Waals surface area contributed by atoms with E-state index in [4.69, 9.17) is 21.8 Å². The van der Waals surface area contributed by atoms with E-state index in [1.54, 1.807) is 24.3 Å². The summed E-state index contributed by atoms with van der Waals surface area (Å²) in [4.78, 5) is 11.3. The van der Waals surface area contributed by atoms with E-state index < -0.39 is 17.8 Å². The van der Waals surface area contributed by atoms with E-state index in [0.717, 1.165) is 11.8 Å². The van der Waals surface area contributed by atoms with Crippen LogP contribution in [0.2, 0.25) is 5.02 Å². The van der Waals surface area contributed by atoms with Crippen molar-refractivity contribution in [2.45, 2.75) is 10.1 Å². The molecular formula is C9H9ClO3S. The fourth-order valence-electron chi connectivity index (χ4n) is 0.859. The van der Waals surface area contributed by atoms with E-state index in [0.29, 0.717) is 9.92 Å². The highest BCUT2D eigenvalue weighted by molar-refractivity contribution is 8.00. The first kappa shape index (κ1) is 11.4. The van der Waals surface area contributed by atoms with Crippen molar-refractivity contribution in [1.82, 2.24) is 0 Å². The van der Waals surface area contributed by atoms with Crippen molar-refractivity contribution >= 4 is 29.3 Å². The summed E-state index contributed by atoms with van der Waals surface area (Å²) in [5, 5.41) is 17.1. The van der Waals surface area contributed by atoms with E-state index in [-0.39, 0.29) is 0 Å². The molecule has 1 atom stereocenters. The van der Waals surface area contributed by atoms with Crippen LogP contribution in [0.25, 0.3) is 0 Å². The quantitative estimate of drug-likeness (QED) is 0.779. The first-order valence-electron chi connectivity index (χ1n) is 3.90. The number of halogens is 1. The minimum absolute atomic E-state index is 0.411. The third kappa shape index (κ3) is 2.90. The maximum absolute atomic E-state index is 10.6. The monoisotopic (exact) mass is 232 g/mol. The zero-order chi connectivity index (χ0) is 10.6. The third-order valence-corrected chi connectivity index (χ3v) is 3.23. The van der Waals surface area contributed by atoms with Crippen LogP contribution in [0.5, 0.6) is 0 Å². The number of hydrogen-bond acceptors (Lipinski definition) is 3. The largest absolute Gasteiger partial charge is 0.480 e. The molecule has 0 aliphatic carbocycles. The lowest BCUT2D eigenvalue weighted by molar-refractivity contribution is -0.137. The molecule has 5 heteroatoms. The summed E-state index contributed by atoms with van der Waals surface area (Å²) in [7, 11) is 0. The average Bonchev–Trinajstić information content (AvgIpc) is 2.16. The molecule has 0 saturated heterocycles. The summed E-state index contributed by atoms with van der Waals surface area (Å²) in [6.07, 6.45) is 0. The van der Waals surface area contributed by atoms with Gasteiger partial charge in [-0.3, -0.25) is 4.79 Å². The van der Waals surface area contributed by atoms with Gasteiger partial charge in [-0.1, -0.05) is 23.7 Å². The SMILES string of the molecule is O=C(O)C(CO)Sc1ccccc1Cl. The first-order chi connectivity index (χ1) is 6.65. The number of benzene rings is 1. The second-order valence-electron chi connectivity index (χ2n) is 2.56. The van der Waals surface area contributed by atoms with Crippen molar-refractivity contribution in [3.63, 3.8) is 0 Å². The van der Waals surface area contributed by atoms with Gasteiger partial charge in [0.1, 0.15) is 5.25 Å². The lowest BCUT2D eigenvalue weighted by Gasteiger charge is -2.09. The highest BCUT2D eigenvalue weighted by Crippen LogP contribution is 2.29. The number of thioether (sulfide) groups is 1. The molecule has 1 rings (SSSR count). The van der Waals surface area contributed by atoms with E-state index >= 15 is 0 Å². The molecule has 0 fully saturated rings. The molecule has 0 bridgehead atoms. The summed E-state index contributed by atoms with van der Waals surface area (Å²) in [6.45, 7) is -0.411. The molecule has 0 aromatic heterocycles. The van der Waals surface area contributed by atoms with Gasteiger partial charge in [-0.2, -0.15) is 0 Å². The predicted molar refractivity (Wildman–Crippen MR) is 55.8 cm³/mol. The van der Waals surface area contributed by atoms with Gasteiger partial charge in [0.05, 0.1) is 11.6 Å². The van der Waals surface area contributed by atoms with Crippen LogP contribution in [0, 0.1) is 0 Å². The molecule has 3 nitrogen and oxygen atoms in total. The molecule has 0 amide bonds. The summed E-state index contributed by atoms with van der Waals surface area (Å²) in [6, 6.07) is 6.93. The lowest BCUT2D eigenvalue weighted by Crippen LogP contribution is -2.20. The molecule has 1 unspecified atom stereocenters. The Morgan fingerprint density at radius 1 is 1.50 bits per heavy atom. The minimum Gasteiger partial charge on any atom is -0.480 e. The third-order valence-electron chi connectivity index (χ3n) is 1.55. The number of carbonyl (C=O) groups is 1. The summed E-state index contributed by atoms with van der Waals surface area (Å²) in [5.41, 5.74) is 0. The second kappa shape index (κ2) is 5.24. The van der Waals surface area contributed by atoms with Crippen LogP contribution in [0.1, 0.15) is 0 Å². The average molecular weight is 233 g/mol. The first-order valence-corrected chi connectivity index (χ1v) is 5.15. The lowest BCUT2D eigenvalue weighted by atomic mass is 10.4. The number of aliphatic hydroxyl groups is 1. The van der Waals surface area contributed by atoms with Gasteiger partial charge in [-0.05, 0) is 12.1 Å². The molecule has 0 aliphatic heterocycles. The number of carboxylic acids is 1. The molecule has 76 valence electrons. The molecule has 0 heterocycles. The number of hydrogen-bond donors (Lipinski definition) is 2. The van der Waals surface area contributed by atoms with Crippen molar-refractivity contribution in [2.24, 2.45) is 0 Å². The normalized spacial score (nSPS) is 12.4. The van der Waals surface area contributed by atoms with Gasteiger partial charge in [0.15, 0.2) is 0 Å². The van der Waals surface area contributed by atoms with Crippen LogP contribution in [0.3, 0.4) is 0 Å². The number of aliphatic carboxylic acids is 1. The summed E-state index contributed by atoms with van der Waals surface area (Å²) < 4.78 is 0. The fraction of sp³-hybridized carbons (Fsp3) is 0.222. The van der Waals surface area contributed by atoms with Gasteiger partial charge in [0.25, 0.3) is 0 Å². The van der Waals surface area contributed by atoms with Gasteiger partial charge in [0, 0.05) is 4.90 Å². The van der Waals surface area contributed by atoms with Crippen molar-refractivity contribution in [2.75, 3.05) is 6.61 Å². The van der Waals surface area contributed by atoms with Crippen LogP contribution in [0.15, 0.2) is 29.2 Å². The number of aliphatic hydroxyl groups excluding tert-OH is 1. The smallest absolute Gasteiger partial charge is 0.319 e. The predicted octanol–water partition coefficient (Wildman–Crippen LogP) is 1.88. The van der Waals surface area contributed by atoms with Crippen molar-refractivity contribution in [3.8, 4) is 0 Å². The van der Waals surface area contributed by atoms with E-state index in [1.807, 2.05) is 0 Å². The van der Waals surface area contributed by atoms with Crippen LogP contribution in [-0.4, -0.2) is 28.0 Å². The minimum atomic E-state index is -1.04. The van der Waals surface area contributed by atoms with Crippen molar-refractivity contribution in [3.05, 3.63) is 29.3 Å². The molecule has 0 spiro atoms. The van der Waals surface area contributed by atoms with E-state index in [9.17, 15) is 4.79 Å². The van der Waals surface area contributed by atoms with Gasteiger partial charge in [0.2, 0.25) is 0 Å². The molecule has 0 aliphatic rings. The van der Waals surface area contributed by atoms with Crippen LogP contribution >= 0.6 is 23.4 Å². The number of carboxylic acid groups (broad SMARTS) is 1. The summed E-state index contributed by atoms with van der Waals surface area (Å²) >= 11 is 6.88.